The third-order valence-electron chi connectivity index (χ3n) is 3.74. The van der Waals surface area contributed by atoms with Gasteiger partial charge >= 0.3 is 0 Å². The number of halogens is 1. The molecule has 0 radical (unpaired) electrons. The number of hydrogen-bond donors (Lipinski definition) is 1. The predicted molar refractivity (Wildman–Crippen MR) is 93.8 cm³/mol. The molecule has 1 saturated carbocycles. The Hall–Kier alpha value is -2.20. The van der Waals surface area contributed by atoms with Gasteiger partial charge in [-0.1, -0.05) is 29.8 Å². The van der Waals surface area contributed by atoms with E-state index < -0.39 is 0 Å². The Balaban J connectivity index is 1.45. The predicted octanol–water partition coefficient (Wildman–Crippen LogP) is 4.43. The smallest absolute Gasteiger partial charge is 0.220 e. The fourth-order valence-electron chi connectivity index (χ4n) is 2.29. The summed E-state index contributed by atoms with van der Waals surface area (Å²) in [7, 11) is 0. The molecule has 1 fully saturated rings. The van der Waals surface area contributed by atoms with Crippen LogP contribution in [0.5, 0.6) is 17.2 Å². The van der Waals surface area contributed by atoms with Gasteiger partial charge in [0.25, 0.3) is 0 Å². The summed E-state index contributed by atoms with van der Waals surface area (Å²) < 4.78 is 11.3. The van der Waals surface area contributed by atoms with E-state index in [1.807, 2.05) is 30.3 Å². The normalized spacial score (nSPS) is 13.4. The first-order valence-corrected chi connectivity index (χ1v) is 8.50. The van der Waals surface area contributed by atoms with Crippen molar-refractivity contribution in [2.75, 3.05) is 13.2 Å². The minimum Gasteiger partial charge on any atom is -0.490 e. The van der Waals surface area contributed by atoms with Gasteiger partial charge in [0.2, 0.25) is 5.91 Å². The summed E-state index contributed by atoms with van der Waals surface area (Å²) in [4.78, 5) is 11.6. The van der Waals surface area contributed by atoms with Crippen LogP contribution in [0.1, 0.15) is 19.3 Å². The van der Waals surface area contributed by atoms with Crippen LogP contribution < -0.4 is 14.8 Å². The largest absolute Gasteiger partial charge is 0.490 e. The zero-order chi connectivity index (χ0) is 16.8. The summed E-state index contributed by atoms with van der Waals surface area (Å²) in [5, 5.41) is 3.34. The standard InChI is InChI=1S/C19H20ClNO3/c20-17-13-16(24-15-4-2-1-3-5-15)8-9-18(17)23-11-10-21-19(22)12-14-6-7-14/h1-5,8-9,13-14H,6-7,10-12H2,(H,21,22). The molecule has 1 aliphatic rings. The van der Waals surface area contributed by atoms with E-state index in [1.165, 1.54) is 12.8 Å². The molecule has 0 spiro atoms. The van der Waals surface area contributed by atoms with Crippen LogP contribution in [0.2, 0.25) is 5.02 Å². The van der Waals surface area contributed by atoms with Crippen molar-refractivity contribution in [1.29, 1.82) is 0 Å². The Bertz CT molecular complexity index is 686. The first-order valence-electron chi connectivity index (χ1n) is 8.12. The quantitative estimate of drug-likeness (QED) is 0.720. The van der Waals surface area contributed by atoms with Crippen LogP contribution in [0.25, 0.3) is 0 Å². The number of hydrogen-bond acceptors (Lipinski definition) is 3. The minimum absolute atomic E-state index is 0.0961. The highest BCUT2D eigenvalue weighted by atomic mass is 35.5. The molecule has 1 amide bonds. The van der Waals surface area contributed by atoms with E-state index in [1.54, 1.807) is 18.2 Å². The molecule has 126 valence electrons. The van der Waals surface area contributed by atoms with Crippen molar-refractivity contribution < 1.29 is 14.3 Å². The maximum atomic E-state index is 11.6. The highest BCUT2D eigenvalue weighted by Gasteiger charge is 2.23. The molecule has 0 saturated heterocycles. The van der Waals surface area contributed by atoms with Crippen LogP contribution >= 0.6 is 11.6 Å². The molecule has 1 aliphatic carbocycles. The number of nitrogens with one attached hydrogen (secondary N) is 1. The lowest BCUT2D eigenvalue weighted by atomic mass is 10.3. The van der Waals surface area contributed by atoms with Gasteiger partial charge in [-0.25, -0.2) is 0 Å². The van der Waals surface area contributed by atoms with Gasteiger partial charge in [0.1, 0.15) is 23.9 Å². The highest BCUT2D eigenvalue weighted by Crippen LogP contribution is 2.32. The lowest BCUT2D eigenvalue weighted by molar-refractivity contribution is -0.121. The molecular formula is C19H20ClNO3. The molecule has 24 heavy (non-hydrogen) atoms. The average Bonchev–Trinajstić information content (AvgIpc) is 3.38. The highest BCUT2D eigenvalue weighted by molar-refractivity contribution is 6.32. The lowest BCUT2D eigenvalue weighted by Crippen LogP contribution is -2.28. The molecule has 0 heterocycles. The van der Waals surface area contributed by atoms with E-state index in [0.29, 0.717) is 42.0 Å². The molecular weight excluding hydrogens is 326 g/mol. The van der Waals surface area contributed by atoms with Crippen molar-refractivity contribution in [3.05, 3.63) is 53.6 Å². The lowest BCUT2D eigenvalue weighted by Gasteiger charge is -2.11. The van der Waals surface area contributed by atoms with Crippen molar-refractivity contribution in [3.8, 4) is 17.2 Å². The van der Waals surface area contributed by atoms with Crippen molar-refractivity contribution in [2.24, 2.45) is 5.92 Å². The second-order valence-corrected chi connectivity index (χ2v) is 6.26. The Morgan fingerprint density at radius 2 is 1.92 bits per heavy atom. The van der Waals surface area contributed by atoms with Gasteiger partial charge in [0.15, 0.2) is 0 Å². The second-order valence-electron chi connectivity index (χ2n) is 5.85. The van der Waals surface area contributed by atoms with E-state index >= 15 is 0 Å². The molecule has 4 nitrogen and oxygen atoms in total. The zero-order valence-corrected chi connectivity index (χ0v) is 14.1. The van der Waals surface area contributed by atoms with E-state index in [0.717, 1.165) is 5.75 Å². The van der Waals surface area contributed by atoms with Crippen molar-refractivity contribution in [3.63, 3.8) is 0 Å². The first kappa shape index (κ1) is 16.7. The number of ether oxygens (including phenoxy) is 2. The molecule has 0 aliphatic heterocycles. The maximum Gasteiger partial charge on any atom is 0.220 e. The van der Waals surface area contributed by atoms with E-state index in [9.17, 15) is 4.79 Å². The average molecular weight is 346 g/mol. The summed E-state index contributed by atoms with van der Waals surface area (Å²) in [6.45, 7) is 0.860. The van der Waals surface area contributed by atoms with Gasteiger partial charge in [-0.2, -0.15) is 0 Å². The van der Waals surface area contributed by atoms with Crippen molar-refractivity contribution >= 4 is 17.5 Å². The van der Waals surface area contributed by atoms with E-state index in [2.05, 4.69) is 5.32 Å². The number of benzene rings is 2. The molecule has 3 rings (SSSR count). The fourth-order valence-corrected chi connectivity index (χ4v) is 2.52. The van der Waals surface area contributed by atoms with Gasteiger partial charge in [-0.15, -0.1) is 0 Å². The summed E-state index contributed by atoms with van der Waals surface area (Å²) in [5.41, 5.74) is 0. The Morgan fingerprint density at radius 3 is 2.62 bits per heavy atom. The van der Waals surface area contributed by atoms with E-state index in [4.69, 9.17) is 21.1 Å². The van der Waals surface area contributed by atoms with Crippen LogP contribution in [0.4, 0.5) is 0 Å². The number of para-hydroxylation sites is 1. The van der Waals surface area contributed by atoms with E-state index in [-0.39, 0.29) is 5.91 Å². The summed E-state index contributed by atoms with van der Waals surface area (Å²) in [5.74, 6) is 2.67. The number of carbonyl (C=O) groups is 1. The van der Waals surface area contributed by atoms with Gasteiger partial charge in [-0.3, -0.25) is 4.79 Å². The first-order chi connectivity index (χ1) is 11.7. The van der Waals surface area contributed by atoms with Crippen LogP contribution in [-0.4, -0.2) is 19.1 Å². The molecule has 0 unspecified atom stereocenters. The third kappa shape index (κ3) is 5.17. The maximum absolute atomic E-state index is 11.6. The van der Waals surface area contributed by atoms with Crippen LogP contribution in [-0.2, 0) is 4.79 Å². The molecule has 2 aromatic rings. The fraction of sp³-hybridized carbons (Fsp3) is 0.316. The van der Waals surface area contributed by atoms with Crippen molar-refractivity contribution in [1.82, 2.24) is 5.32 Å². The van der Waals surface area contributed by atoms with Gasteiger partial charge < -0.3 is 14.8 Å². The number of amides is 1. The third-order valence-corrected chi connectivity index (χ3v) is 4.03. The summed E-state index contributed by atoms with van der Waals surface area (Å²) in [6.07, 6.45) is 2.99. The Labute approximate surface area is 146 Å². The van der Waals surface area contributed by atoms with Gasteiger partial charge in [0.05, 0.1) is 11.6 Å². The molecule has 2 aromatic carbocycles. The van der Waals surface area contributed by atoms with Gasteiger partial charge in [-0.05, 0) is 43.0 Å². The van der Waals surface area contributed by atoms with Crippen LogP contribution in [0.3, 0.4) is 0 Å². The SMILES string of the molecule is O=C(CC1CC1)NCCOc1ccc(Oc2ccccc2)cc1Cl. The van der Waals surface area contributed by atoms with Gasteiger partial charge in [0, 0.05) is 12.5 Å². The molecule has 0 bridgehead atoms. The molecule has 0 atom stereocenters. The second kappa shape index (κ2) is 8.06. The Morgan fingerprint density at radius 1 is 1.12 bits per heavy atom. The van der Waals surface area contributed by atoms with Crippen LogP contribution in [0, 0.1) is 5.92 Å². The van der Waals surface area contributed by atoms with Crippen molar-refractivity contribution in [2.45, 2.75) is 19.3 Å². The summed E-state index contributed by atoms with van der Waals surface area (Å²) >= 11 is 6.22. The van der Waals surface area contributed by atoms with Crippen LogP contribution in [0.15, 0.2) is 48.5 Å². The number of rotatable bonds is 8. The Kier molecular flexibility index (Phi) is 5.59. The molecule has 0 aromatic heterocycles. The molecule has 5 heteroatoms. The zero-order valence-electron chi connectivity index (χ0n) is 13.3. The number of carbonyl (C=O) groups excluding carboxylic acids is 1. The molecule has 1 N–H and O–H groups in total. The minimum atomic E-state index is 0.0961. The summed E-state index contributed by atoms with van der Waals surface area (Å²) in [6, 6.07) is 14.8. The monoisotopic (exact) mass is 345 g/mol. The topological polar surface area (TPSA) is 47.6 Å².